The Morgan fingerprint density at radius 3 is 2.84 bits per heavy atom. The van der Waals surface area contributed by atoms with Crippen LogP contribution in [-0.4, -0.2) is 24.6 Å². The van der Waals surface area contributed by atoms with Gasteiger partial charge in [-0.2, -0.15) is 0 Å². The molecule has 3 aromatic heterocycles. The smallest absolute Gasteiger partial charge is 0.213 e. The Balaban J connectivity index is 1.85. The van der Waals surface area contributed by atoms with Crippen molar-refractivity contribution < 1.29 is 4.42 Å². The van der Waals surface area contributed by atoms with Gasteiger partial charge in [0.15, 0.2) is 5.82 Å². The van der Waals surface area contributed by atoms with Gasteiger partial charge >= 0.3 is 0 Å². The summed E-state index contributed by atoms with van der Waals surface area (Å²) >= 11 is 0. The van der Waals surface area contributed by atoms with Gasteiger partial charge < -0.3 is 9.73 Å². The molecule has 0 bridgehead atoms. The first-order valence-corrected chi connectivity index (χ1v) is 5.98. The van der Waals surface area contributed by atoms with Gasteiger partial charge in [-0.25, -0.2) is 9.97 Å². The largest absolute Gasteiger partial charge is 0.444 e. The maximum absolute atomic E-state index is 5.51. The van der Waals surface area contributed by atoms with Gasteiger partial charge in [-0.15, -0.1) is 10.2 Å². The van der Waals surface area contributed by atoms with Crippen LogP contribution in [0.15, 0.2) is 16.8 Å². The summed E-state index contributed by atoms with van der Waals surface area (Å²) in [5.74, 6) is 2.95. The molecular weight excluding hydrogens is 244 g/mol. The average molecular weight is 258 g/mol. The van der Waals surface area contributed by atoms with Gasteiger partial charge in [-0.1, -0.05) is 0 Å². The number of nitrogens with one attached hydrogen (secondary N) is 1. The second-order valence-electron chi connectivity index (χ2n) is 4.32. The highest BCUT2D eigenvalue weighted by atomic mass is 16.4. The van der Waals surface area contributed by atoms with Gasteiger partial charge in [-0.05, 0) is 20.8 Å². The van der Waals surface area contributed by atoms with Gasteiger partial charge in [-0.3, -0.25) is 4.40 Å². The van der Waals surface area contributed by atoms with Crippen molar-refractivity contribution in [3.05, 3.63) is 35.6 Å². The summed E-state index contributed by atoms with van der Waals surface area (Å²) < 4.78 is 7.39. The summed E-state index contributed by atoms with van der Waals surface area (Å²) in [6, 6.07) is 0. The third kappa shape index (κ3) is 2.03. The zero-order chi connectivity index (χ0) is 13.4. The van der Waals surface area contributed by atoms with E-state index in [2.05, 4.69) is 25.5 Å². The van der Waals surface area contributed by atoms with Gasteiger partial charge in [0.25, 0.3) is 0 Å². The van der Waals surface area contributed by atoms with Crippen LogP contribution in [0.5, 0.6) is 0 Å². The fraction of sp³-hybridized carbons (Fsp3) is 0.333. The van der Waals surface area contributed by atoms with E-state index in [1.807, 2.05) is 31.4 Å². The van der Waals surface area contributed by atoms with Crippen molar-refractivity contribution in [2.24, 2.45) is 0 Å². The molecule has 19 heavy (non-hydrogen) atoms. The summed E-state index contributed by atoms with van der Waals surface area (Å²) in [5, 5.41) is 11.3. The van der Waals surface area contributed by atoms with Crippen LogP contribution in [0, 0.1) is 20.8 Å². The molecule has 0 saturated heterocycles. The number of aryl methyl sites for hydroxylation is 3. The van der Waals surface area contributed by atoms with E-state index in [1.54, 1.807) is 6.20 Å². The minimum Gasteiger partial charge on any atom is -0.444 e. The molecule has 0 aliphatic rings. The molecule has 0 spiro atoms. The van der Waals surface area contributed by atoms with Crippen molar-refractivity contribution in [3.63, 3.8) is 0 Å². The van der Waals surface area contributed by atoms with Gasteiger partial charge in [0.2, 0.25) is 11.5 Å². The Bertz CT molecular complexity index is 709. The molecule has 7 nitrogen and oxygen atoms in total. The number of aromatic nitrogens is 5. The number of hydrogen-bond donors (Lipinski definition) is 1. The number of anilines is 1. The predicted octanol–water partition coefficient (Wildman–Crippen LogP) is 1.65. The average Bonchev–Trinajstić information content (AvgIpc) is 2.92. The number of hydrogen-bond acceptors (Lipinski definition) is 6. The molecule has 0 saturated carbocycles. The highest BCUT2D eigenvalue weighted by Gasteiger charge is 2.09. The Kier molecular flexibility index (Phi) is 2.66. The van der Waals surface area contributed by atoms with Crippen LogP contribution in [0.25, 0.3) is 5.65 Å². The van der Waals surface area contributed by atoms with Crippen molar-refractivity contribution >= 4 is 11.5 Å². The Morgan fingerprint density at radius 1 is 1.26 bits per heavy atom. The third-order valence-corrected chi connectivity index (χ3v) is 2.98. The standard InChI is InChI=1S/C12H14N6O/c1-7-8(2)19-10(15-7)6-14-11-12-17-16-9(3)18(12)5-4-13-11/h4-5H,6H2,1-3H3,(H,13,14). The molecule has 3 heterocycles. The van der Waals surface area contributed by atoms with E-state index < -0.39 is 0 Å². The molecule has 0 unspecified atom stereocenters. The summed E-state index contributed by atoms with van der Waals surface area (Å²) in [6.07, 6.45) is 3.53. The number of fused-ring (bicyclic) bond motifs is 1. The van der Waals surface area contributed by atoms with Crippen LogP contribution in [0.2, 0.25) is 0 Å². The van der Waals surface area contributed by atoms with E-state index in [1.165, 1.54) is 0 Å². The van der Waals surface area contributed by atoms with Crippen LogP contribution >= 0.6 is 0 Å². The molecule has 0 fully saturated rings. The molecule has 98 valence electrons. The first-order chi connectivity index (χ1) is 9.15. The number of oxazole rings is 1. The molecule has 1 N–H and O–H groups in total. The van der Waals surface area contributed by atoms with E-state index >= 15 is 0 Å². The zero-order valence-electron chi connectivity index (χ0n) is 11.0. The molecule has 3 rings (SSSR count). The fourth-order valence-corrected chi connectivity index (χ4v) is 1.84. The topological polar surface area (TPSA) is 81.1 Å². The Morgan fingerprint density at radius 2 is 2.11 bits per heavy atom. The molecule has 0 aliphatic carbocycles. The minimum atomic E-state index is 0.466. The van der Waals surface area contributed by atoms with Gasteiger partial charge in [0.1, 0.15) is 11.6 Å². The Hall–Kier alpha value is -2.44. The highest BCUT2D eigenvalue weighted by Crippen LogP contribution is 2.14. The first-order valence-electron chi connectivity index (χ1n) is 5.98. The minimum absolute atomic E-state index is 0.466. The molecular formula is C12H14N6O. The number of rotatable bonds is 3. The molecule has 0 atom stereocenters. The molecule has 0 aromatic carbocycles. The van der Waals surface area contributed by atoms with Crippen LogP contribution in [0.3, 0.4) is 0 Å². The molecule has 0 aliphatic heterocycles. The van der Waals surface area contributed by atoms with Crippen molar-refractivity contribution in [2.75, 3.05) is 5.32 Å². The fourth-order valence-electron chi connectivity index (χ4n) is 1.84. The summed E-state index contributed by atoms with van der Waals surface area (Å²) in [6.45, 7) is 6.17. The lowest BCUT2D eigenvalue weighted by Crippen LogP contribution is -2.04. The monoisotopic (exact) mass is 258 g/mol. The predicted molar refractivity (Wildman–Crippen MR) is 68.8 cm³/mol. The highest BCUT2D eigenvalue weighted by molar-refractivity contribution is 5.61. The Labute approximate surface area is 109 Å². The van der Waals surface area contributed by atoms with E-state index in [4.69, 9.17) is 4.42 Å². The van der Waals surface area contributed by atoms with E-state index in [-0.39, 0.29) is 0 Å². The molecule has 0 radical (unpaired) electrons. The lowest BCUT2D eigenvalue weighted by atomic mass is 10.4. The van der Waals surface area contributed by atoms with Crippen molar-refractivity contribution in [2.45, 2.75) is 27.3 Å². The summed E-state index contributed by atoms with van der Waals surface area (Å²) in [7, 11) is 0. The van der Waals surface area contributed by atoms with E-state index in [9.17, 15) is 0 Å². The molecule has 0 amide bonds. The lowest BCUT2D eigenvalue weighted by Gasteiger charge is -2.03. The molecule has 3 aromatic rings. The van der Waals surface area contributed by atoms with Gasteiger partial charge in [0, 0.05) is 12.4 Å². The summed E-state index contributed by atoms with van der Waals surface area (Å²) in [5.41, 5.74) is 1.60. The second kappa shape index (κ2) is 4.34. The summed E-state index contributed by atoms with van der Waals surface area (Å²) in [4.78, 5) is 8.57. The van der Waals surface area contributed by atoms with E-state index in [0.717, 1.165) is 17.3 Å². The molecule has 7 heteroatoms. The van der Waals surface area contributed by atoms with Crippen LogP contribution < -0.4 is 5.32 Å². The normalized spacial score (nSPS) is 11.1. The quantitative estimate of drug-likeness (QED) is 0.769. The van der Waals surface area contributed by atoms with Crippen LogP contribution in [-0.2, 0) is 6.54 Å². The first kappa shape index (κ1) is 11.6. The van der Waals surface area contributed by atoms with Crippen molar-refractivity contribution in [3.8, 4) is 0 Å². The maximum Gasteiger partial charge on any atom is 0.213 e. The lowest BCUT2D eigenvalue weighted by molar-refractivity contribution is 0.478. The maximum atomic E-state index is 5.51. The van der Waals surface area contributed by atoms with Crippen LogP contribution in [0.1, 0.15) is 23.2 Å². The second-order valence-corrected chi connectivity index (χ2v) is 4.32. The van der Waals surface area contributed by atoms with Crippen LogP contribution in [0.4, 0.5) is 5.82 Å². The number of nitrogens with zero attached hydrogens (tertiary/aromatic N) is 5. The third-order valence-electron chi connectivity index (χ3n) is 2.98. The van der Waals surface area contributed by atoms with E-state index in [0.29, 0.717) is 23.9 Å². The SMILES string of the molecule is Cc1nc(CNc2nccn3c(C)nnc23)oc1C. The van der Waals surface area contributed by atoms with Crippen molar-refractivity contribution in [1.29, 1.82) is 0 Å². The van der Waals surface area contributed by atoms with Gasteiger partial charge in [0.05, 0.1) is 12.2 Å². The van der Waals surface area contributed by atoms with Crippen molar-refractivity contribution in [1.82, 2.24) is 24.6 Å². The zero-order valence-corrected chi connectivity index (χ0v) is 11.0.